The van der Waals surface area contributed by atoms with Crippen LogP contribution in [0, 0.1) is 0 Å². The molecule has 0 radical (unpaired) electrons. The van der Waals surface area contributed by atoms with Crippen LogP contribution in [-0.2, 0) is 34.9 Å². The van der Waals surface area contributed by atoms with Crippen LogP contribution in [0.5, 0.6) is 0 Å². The van der Waals surface area contributed by atoms with Gasteiger partial charge in [0.25, 0.3) is 0 Å². The van der Waals surface area contributed by atoms with Crippen LogP contribution in [0.15, 0.2) is 24.3 Å². The van der Waals surface area contributed by atoms with Gasteiger partial charge in [-0.15, -0.1) is 0 Å². The smallest absolute Gasteiger partial charge is 0.467 e. The molecule has 3 atom stereocenters. The fraction of sp³-hybridized carbons (Fsp3) is 0.526. The van der Waals surface area contributed by atoms with Gasteiger partial charge < -0.3 is 29.4 Å². The van der Waals surface area contributed by atoms with Crippen LogP contribution in [0.2, 0.25) is 0 Å². The molecule has 1 heterocycles. The first-order valence-corrected chi connectivity index (χ1v) is 9.28. The number of nitrogens with zero attached hydrogens (tertiary/aromatic N) is 1. The van der Waals surface area contributed by atoms with Gasteiger partial charge in [0.05, 0.1) is 13.2 Å². The molecule has 2 rings (SSSR count). The normalized spacial score (nSPS) is 19.6. The van der Waals surface area contributed by atoms with Gasteiger partial charge in [0.2, 0.25) is 11.8 Å². The monoisotopic (exact) mass is 406 g/mol. The maximum atomic E-state index is 12.7. The van der Waals surface area contributed by atoms with Crippen molar-refractivity contribution in [3.8, 4) is 0 Å². The van der Waals surface area contributed by atoms with Gasteiger partial charge >= 0.3 is 13.1 Å². The van der Waals surface area contributed by atoms with Crippen LogP contribution in [0.25, 0.3) is 0 Å². The largest absolute Gasteiger partial charge is 0.493 e. The zero-order valence-electron chi connectivity index (χ0n) is 17.1. The van der Waals surface area contributed by atoms with E-state index >= 15 is 0 Å². The van der Waals surface area contributed by atoms with E-state index < -0.39 is 37.2 Å². The van der Waals surface area contributed by atoms with E-state index in [1.165, 1.54) is 33.2 Å². The van der Waals surface area contributed by atoms with Gasteiger partial charge in [0, 0.05) is 40.5 Å². The van der Waals surface area contributed by atoms with Crippen molar-refractivity contribution in [2.45, 2.75) is 38.0 Å². The minimum atomic E-state index is -0.925. The summed E-state index contributed by atoms with van der Waals surface area (Å²) in [5.74, 6) is -1.40. The number of hydrogen-bond donors (Lipinski definition) is 2. The molecule has 1 aromatic rings. The Hall–Kier alpha value is -2.43. The van der Waals surface area contributed by atoms with E-state index in [9.17, 15) is 19.5 Å². The lowest BCUT2D eigenvalue weighted by molar-refractivity contribution is -0.146. The second-order valence-corrected chi connectivity index (χ2v) is 6.91. The Bertz CT molecular complexity index is 724. The summed E-state index contributed by atoms with van der Waals surface area (Å²) < 4.78 is 15.2. The standard InChI is InChI=1S/C19H27BN2O7/c1-12(23)22-11-15(24)10-17(22)18(25)21-16(19(26)27-2)9-13-5-7-14(8-6-13)20(28-3)29-4/h5-8,15-17,24H,9-11H2,1-4H3,(H,21,25)/t15-,16-,17+/m1/s1. The van der Waals surface area contributed by atoms with E-state index in [-0.39, 0.29) is 25.3 Å². The highest BCUT2D eigenvalue weighted by Crippen LogP contribution is 2.18. The molecule has 1 aromatic carbocycles. The molecular weight excluding hydrogens is 379 g/mol. The highest BCUT2D eigenvalue weighted by Gasteiger charge is 2.39. The van der Waals surface area contributed by atoms with Crippen molar-refractivity contribution >= 4 is 30.4 Å². The minimum absolute atomic E-state index is 0.0952. The second kappa shape index (κ2) is 10.4. The average molecular weight is 406 g/mol. The first-order valence-electron chi connectivity index (χ1n) is 9.28. The molecule has 9 nitrogen and oxygen atoms in total. The summed E-state index contributed by atoms with van der Waals surface area (Å²) in [5.41, 5.74) is 1.61. The highest BCUT2D eigenvalue weighted by atomic mass is 16.6. The van der Waals surface area contributed by atoms with Gasteiger partial charge in [0.1, 0.15) is 12.1 Å². The van der Waals surface area contributed by atoms with Crippen molar-refractivity contribution < 1.29 is 33.5 Å². The molecule has 0 unspecified atom stereocenters. The van der Waals surface area contributed by atoms with Gasteiger partial charge in [-0.05, 0) is 11.0 Å². The number of esters is 1. The van der Waals surface area contributed by atoms with Crippen LogP contribution < -0.4 is 10.8 Å². The summed E-state index contributed by atoms with van der Waals surface area (Å²) in [7, 11) is 3.82. The second-order valence-electron chi connectivity index (χ2n) is 6.91. The summed E-state index contributed by atoms with van der Waals surface area (Å²) >= 11 is 0. The van der Waals surface area contributed by atoms with Gasteiger partial charge in [-0.2, -0.15) is 0 Å². The van der Waals surface area contributed by atoms with E-state index in [0.717, 1.165) is 11.0 Å². The Morgan fingerprint density at radius 2 is 1.83 bits per heavy atom. The zero-order valence-corrected chi connectivity index (χ0v) is 17.1. The summed E-state index contributed by atoms with van der Waals surface area (Å²) in [6.45, 7) is 1.43. The lowest BCUT2D eigenvalue weighted by atomic mass is 9.78. The molecule has 1 saturated heterocycles. The van der Waals surface area contributed by atoms with Crippen molar-refractivity contribution in [3.63, 3.8) is 0 Å². The van der Waals surface area contributed by atoms with Crippen molar-refractivity contribution in [2.75, 3.05) is 27.9 Å². The summed E-state index contributed by atoms with van der Waals surface area (Å²) in [5, 5.41) is 12.5. The number of aliphatic hydroxyl groups excluding tert-OH is 1. The minimum Gasteiger partial charge on any atom is -0.467 e. The number of ether oxygens (including phenoxy) is 1. The van der Waals surface area contributed by atoms with E-state index in [4.69, 9.17) is 14.0 Å². The Balaban J connectivity index is 2.11. The number of likely N-dealkylation sites (tertiary alicyclic amines) is 1. The predicted octanol–water partition coefficient (Wildman–Crippen LogP) is -1.14. The van der Waals surface area contributed by atoms with Crippen LogP contribution in [0.3, 0.4) is 0 Å². The number of carbonyl (C=O) groups excluding carboxylic acids is 3. The topological polar surface area (TPSA) is 114 Å². The number of amides is 2. The molecule has 1 fully saturated rings. The molecule has 0 bridgehead atoms. The maximum Gasteiger partial charge on any atom is 0.493 e. The molecule has 2 N–H and O–H groups in total. The molecular formula is C19H27BN2O7. The Morgan fingerprint density at radius 1 is 1.21 bits per heavy atom. The van der Waals surface area contributed by atoms with E-state index in [0.29, 0.717) is 0 Å². The van der Waals surface area contributed by atoms with E-state index in [2.05, 4.69) is 5.32 Å². The van der Waals surface area contributed by atoms with Gasteiger partial charge in [-0.1, -0.05) is 24.3 Å². The summed E-state index contributed by atoms with van der Waals surface area (Å²) in [6, 6.07) is 5.50. The average Bonchev–Trinajstić information content (AvgIpc) is 3.11. The lowest BCUT2D eigenvalue weighted by Gasteiger charge is -2.24. The Morgan fingerprint density at radius 3 is 2.34 bits per heavy atom. The Labute approximate surface area is 170 Å². The first-order chi connectivity index (χ1) is 13.8. The third kappa shape index (κ3) is 5.78. The number of methoxy groups -OCH3 is 1. The number of carbonyl (C=O) groups is 3. The molecule has 29 heavy (non-hydrogen) atoms. The van der Waals surface area contributed by atoms with E-state index in [1.54, 1.807) is 0 Å². The van der Waals surface area contributed by atoms with Crippen LogP contribution >= 0.6 is 0 Å². The van der Waals surface area contributed by atoms with E-state index in [1.807, 2.05) is 24.3 Å². The molecule has 0 saturated carbocycles. The molecule has 1 aliphatic rings. The fourth-order valence-corrected chi connectivity index (χ4v) is 3.43. The van der Waals surface area contributed by atoms with Gasteiger partial charge in [0.15, 0.2) is 0 Å². The molecule has 0 aliphatic carbocycles. The van der Waals surface area contributed by atoms with Crippen molar-refractivity contribution in [1.29, 1.82) is 0 Å². The van der Waals surface area contributed by atoms with Gasteiger partial charge in [-0.25, -0.2) is 4.79 Å². The SMILES string of the molecule is COB(OC)c1ccc(C[C@@H](NC(=O)[C@@H]2C[C@@H](O)CN2C(C)=O)C(=O)OC)cc1. The molecule has 1 aliphatic heterocycles. The highest BCUT2D eigenvalue weighted by molar-refractivity contribution is 6.61. The molecule has 10 heteroatoms. The molecule has 0 aromatic heterocycles. The van der Waals surface area contributed by atoms with Gasteiger partial charge in [-0.3, -0.25) is 9.59 Å². The van der Waals surface area contributed by atoms with Crippen LogP contribution in [-0.4, -0.2) is 81.0 Å². The summed E-state index contributed by atoms with van der Waals surface area (Å²) in [6.07, 6.45) is -0.435. The van der Waals surface area contributed by atoms with Crippen LogP contribution in [0.4, 0.5) is 0 Å². The molecule has 0 spiro atoms. The molecule has 2 amide bonds. The number of hydrogen-bond acceptors (Lipinski definition) is 7. The predicted molar refractivity (Wildman–Crippen MR) is 105 cm³/mol. The number of benzene rings is 1. The number of nitrogens with one attached hydrogen (secondary N) is 1. The summed E-state index contributed by atoms with van der Waals surface area (Å²) in [4.78, 5) is 37.9. The zero-order chi connectivity index (χ0) is 21.6. The lowest BCUT2D eigenvalue weighted by Crippen LogP contribution is -2.51. The fourth-order valence-electron chi connectivity index (χ4n) is 3.43. The number of rotatable bonds is 8. The maximum absolute atomic E-state index is 12.7. The third-order valence-corrected chi connectivity index (χ3v) is 4.91. The van der Waals surface area contributed by atoms with Crippen LogP contribution in [0.1, 0.15) is 18.9 Å². The molecule has 158 valence electrons. The number of aliphatic hydroxyl groups is 1. The third-order valence-electron chi connectivity index (χ3n) is 4.91. The van der Waals surface area contributed by atoms with Crippen molar-refractivity contribution in [3.05, 3.63) is 29.8 Å². The van der Waals surface area contributed by atoms with Crippen molar-refractivity contribution in [1.82, 2.24) is 10.2 Å². The van der Waals surface area contributed by atoms with Crippen molar-refractivity contribution in [2.24, 2.45) is 0 Å². The first kappa shape index (κ1) is 22.9. The Kier molecular flexibility index (Phi) is 8.18. The quantitative estimate of drug-likeness (QED) is 0.414. The number of β-amino-alcohol motifs (C(OH)–C–C–N with tert-alkyl or cyclic N) is 1.